The van der Waals surface area contributed by atoms with Crippen LogP contribution in [-0.4, -0.2) is 13.6 Å². The molecule has 1 aromatic heterocycles. The van der Waals surface area contributed by atoms with Gasteiger partial charge < -0.3 is 4.52 Å². The summed E-state index contributed by atoms with van der Waals surface area (Å²) < 4.78 is 44.3. The molecule has 1 aromatic carbocycles. The molecule has 7 heteroatoms. The minimum atomic E-state index is -3.69. The first-order valence-electron chi connectivity index (χ1n) is 5.56. The maximum Gasteiger partial charge on any atom is 0.240 e. The molecule has 102 valence electrons. The summed E-state index contributed by atoms with van der Waals surface area (Å²) in [5, 5.41) is 3.68. The molecule has 0 spiro atoms. The van der Waals surface area contributed by atoms with Crippen molar-refractivity contribution in [1.82, 2.24) is 9.88 Å². The number of rotatable bonds is 4. The average molecular weight is 284 g/mol. The van der Waals surface area contributed by atoms with Gasteiger partial charge in [0.15, 0.2) is 0 Å². The van der Waals surface area contributed by atoms with Gasteiger partial charge in [0.25, 0.3) is 0 Å². The first kappa shape index (κ1) is 13.7. The molecule has 0 amide bonds. The van der Waals surface area contributed by atoms with E-state index in [9.17, 15) is 12.8 Å². The summed E-state index contributed by atoms with van der Waals surface area (Å²) in [7, 11) is -3.69. The van der Waals surface area contributed by atoms with E-state index in [0.717, 1.165) is 6.07 Å². The highest BCUT2D eigenvalue weighted by molar-refractivity contribution is 7.89. The van der Waals surface area contributed by atoms with Crippen LogP contribution in [0.1, 0.15) is 17.0 Å². The smallest absolute Gasteiger partial charge is 0.240 e. The van der Waals surface area contributed by atoms with E-state index in [2.05, 4.69) is 9.88 Å². The molecule has 0 saturated carbocycles. The van der Waals surface area contributed by atoms with E-state index in [0.29, 0.717) is 11.5 Å². The lowest BCUT2D eigenvalue weighted by Crippen LogP contribution is -2.23. The van der Waals surface area contributed by atoms with E-state index >= 15 is 0 Å². The van der Waals surface area contributed by atoms with Crippen molar-refractivity contribution in [3.05, 3.63) is 47.1 Å². The quantitative estimate of drug-likeness (QED) is 0.931. The molecule has 0 radical (unpaired) electrons. The van der Waals surface area contributed by atoms with Crippen molar-refractivity contribution >= 4 is 10.0 Å². The Morgan fingerprint density at radius 1 is 1.32 bits per heavy atom. The van der Waals surface area contributed by atoms with Gasteiger partial charge in [0.1, 0.15) is 11.6 Å². The number of benzene rings is 1. The number of hydrogen-bond acceptors (Lipinski definition) is 4. The third kappa shape index (κ3) is 3.18. The van der Waals surface area contributed by atoms with Crippen molar-refractivity contribution in [3.8, 4) is 0 Å². The summed E-state index contributed by atoms with van der Waals surface area (Å²) in [5.41, 5.74) is 0.764. The van der Waals surface area contributed by atoms with Gasteiger partial charge >= 0.3 is 0 Å². The van der Waals surface area contributed by atoms with Crippen LogP contribution in [0.25, 0.3) is 0 Å². The molecule has 1 N–H and O–H groups in total. The highest BCUT2D eigenvalue weighted by Crippen LogP contribution is 2.14. The highest BCUT2D eigenvalue weighted by atomic mass is 32.2. The minimum absolute atomic E-state index is 0.0200. The van der Waals surface area contributed by atoms with Crippen molar-refractivity contribution in [2.24, 2.45) is 0 Å². The molecule has 0 bridgehead atoms. The Labute approximate surface area is 110 Å². The van der Waals surface area contributed by atoms with Crippen molar-refractivity contribution in [2.75, 3.05) is 0 Å². The lowest BCUT2D eigenvalue weighted by molar-refractivity contribution is 0.390. The summed E-state index contributed by atoms with van der Waals surface area (Å²) in [6.45, 7) is 3.25. The number of aryl methyl sites for hydroxylation is 2. The fourth-order valence-electron chi connectivity index (χ4n) is 1.54. The van der Waals surface area contributed by atoms with E-state index in [4.69, 9.17) is 4.52 Å². The Hall–Kier alpha value is -1.73. The van der Waals surface area contributed by atoms with Gasteiger partial charge in [0, 0.05) is 6.07 Å². The number of halogens is 1. The van der Waals surface area contributed by atoms with Crippen LogP contribution in [0.5, 0.6) is 0 Å². The molecule has 2 rings (SSSR count). The van der Waals surface area contributed by atoms with Crippen molar-refractivity contribution < 1.29 is 17.3 Å². The SMILES string of the molecule is Cc1cc(CNS(=O)(=O)c2ccc(F)c(C)c2)no1. The third-order valence-electron chi connectivity index (χ3n) is 2.56. The predicted octanol–water partition coefficient (Wildman–Crippen LogP) is 1.91. The summed E-state index contributed by atoms with van der Waals surface area (Å²) >= 11 is 0. The monoisotopic (exact) mass is 284 g/mol. The third-order valence-corrected chi connectivity index (χ3v) is 3.96. The minimum Gasteiger partial charge on any atom is -0.361 e. The van der Waals surface area contributed by atoms with Gasteiger partial charge in [0.05, 0.1) is 17.1 Å². The number of aromatic nitrogens is 1. The van der Waals surface area contributed by atoms with Crippen molar-refractivity contribution in [1.29, 1.82) is 0 Å². The van der Waals surface area contributed by atoms with E-state index < -0.39 is 15.8 Å². The van der Waals surface area contributed by atoms with Gasteiger partial charge in [-0.3, -0.25) is 0 Å². The number of nitrogens with one attached hydrogen (secondary N) is 1. The Morgan fingerprint density at radius 2 is 2.05 bits per heavy atom. The van der Waals surface area contributed by atoms with Crippen LogP contribution in [0, 0.1) is 19.7 Å². The van der Waals surface area contributed by atoms with E-state index in [1.54, 1.807) is 13.0 Å². The zero-order chi connectivity index (χ0) is 14.0. The van der Waals surface area contributed by atoms with E-state index in [1.807, 2.05) is 0 Å². The predicted molar refractivity (Wildman–Crippen MR) is 66.4 cm³/mol. The fraction of sp³-hybridized carbons (Fsp3) is 0.250. The second-order valence-corrected chi connectivity index (χ2v) is 5.93. The Kier molecular flexibility index (Phi) is 3.68. The maximum atomic E-state index is 13.1. The second-order valence-electron chi connectivity index (χ2n) is 4.16. The number of hydrogen-bond donors (Lipinski definition) is 1. The van der Waals surface area contributed by atoms with Crippen molar-refractivity contribution in [2.45, 2.75) is 25.3 Å². The fourth-order valence-corrected chi connectivity index (χ4v) is 2.62. The topological polar surface area (TPSA) is 72.2 Å². The molecular weight excluding hydrogens is 271 g/mol. The zero-order valence-electron chi connectivity index (χ0n) is 10.5. The molecule has 0 aliphatic heterocycles. The van der Waals surface area contributed by atoms with Gasteiger partial charge in [-0.05, 0) is 37.6 Å². The standard InChI is InChI=1S/C12H13FN2O3S/c1-8-5-11(3-4-12(8)13)19(16,17)14-7-10-6-9(2)18-15-10/h3-6,14H,7H2,1-2H3. The van der Waals surface area contributed by atoms with E-state index in [-0.39, 0.29) is 17.0 Å². The Balaban J connectivity index is 2.16. The van der Waals surface area contributed by atoms with Crippen LogP contribution >= 0.6 is 0 Å². The zero-order valence-corrected chi connectivity index (χ0v) is 11.3. The molecule has 0 fully saturated rings. The average Bonchev–Trinajstić information content (AvgIpc) is 2.76. The molecule has 0 unspecified atom stereocenters. The molecule has 0 saturated heterocycles. The summed E-state index contributed by atoms with van der Waals surface area (Å²) in [6.07, 6.45) is 0. The van der Waals surface area contributed by atoms with Gasteiger partial charge in [0.2, 0.25) is 10.0 Å². The molecule has 5 nitrogen and oxygen atoms in total. The van der Waals surface area contributed by atoms with Crippen LogP contribution in [0.3, 0.4) is 0 Å². The van der Waals surface area contributed by atoms with Gasteiger partial charge in [-0.1, -0.05) is 5.16 Å². The summed E-state index contributed by atoms with van der Waals surface area (Å²) in [4.78, 5) is 0.0200. The molecule has 1 heterocycles. The first-order valence-corrected chi connectivity index (χ1v) is 7.05. The number of nitrogens with zero attached hydrogens (tertiary/aromatic N) is 1. The molecule has 0 atom stereocenters. The van der Waals surface area contributed by atoms with Crippen LogP contribution in [-0.2, 0) is 16.6 Å². The van der Waals surface area contributed by atoms with Crippen molar-refractivity contribution in [3.63, 3.8) is 0 Å². The highest BCUT2D eigenvalue weighted by Gasteiger charge is 2.15. The molecule has 0 aliphatic carbocycles. The van der Waals surface area contributed by atoms with E-state index in [1.165, 1.54) is 19.1 Å². The Bertz CT molecular complexity index is 695. The summed E-state index contributed by atoms with van der Waals surface area (Å²) in [5.74, 6) is 0.165. The lowest BCUT2D eigenvalue weighted by Gasteiger charge is -2.06. The molecule has 2 aromatic rings. The van der Waals surface area contributed by atoms with Crippen LogP contribution in [0.2, 0.25) is 0 Å². The normalized spacial score (nSPS) is 11.7. The largest absolute Gasteiger partial charge is 0.361 e. The number of sulfonamides is 1. The Morgan fingerprint density at radius 3 is 2.63 bits per heavy atom. The van der Waals surface area contributed by atoms with Crippen LogP contribution in [0.4, 0.5) is 4.39 Å². The molecule has 0 aliphatic rings. The lowest BCUT2D eigenvalue weighted by atomic mass is 10.2. The van der Waals surface area contributed by atoms with Gasteiger partial charge in [-0.15, -0.1) is 0 Å². The maximum absolute atomic E-state index is 13.1. The van der Waals surface area contributed by atoms with Crippen LogP contribution < -0.4 is 4.72 Å². The molecule has 19 heavy (non-hydrogen) atoms. The van der Waals surface area contributed by atoms with Gasteiger partial charge in [-0.25, -0.2) is 17.5 Å². The van der Waals surface area contributed by atoms with Crippen LogP contribution in [0.15, 0.2) is 33.7 Å². The second kappa shape index (κ2) is 5.10. The van der Waals surface area contributed by atoms with Gasteiger partial charge in [-0.2, -0.15) is 0 Å². The first-order chi connectivity index (χ1) is 8.88. The molecular formula is C12H13FN2O3S. The summed E-state index contributed by atoms with van der Waals surface area (Å²) in [6, 6.07) is 5.27.